The predicted octanol–water partition coefficient (Wildman–Crippen LogP) is 3.19. The molecule has 184 valence electrons. The zero-order valence-electron chi connectivity index (χ0n) is 20.8. The molecule has 1 atom stereocenters. The summed E-state index contributed by atoms with van der Waals surface area (Å²) in [5, 5.41) is 0. The minimum Gasteiger partial charge on any atom is -0.452 e. The number of fused-ring (bicyclic) bond motifs is 3. The number of nitrogens with zero attached hydrogens (tertiary/aromatic N) is 3. The molecule has 1 saturated heterocycles. The monoisotopic (exact) mass is 477 g/mol. The molecule has 0 unspecified atom stereocenters. The number of ether oxygens (including phenoxy) is 1. The van der Waals surface area contributed by atoms with Crippen LogP contribution in [0.3, 0.4) is 0 Å². The van der Waals surface area contributed by atoms with Gasteiger partial charge in [0, 0.05) is 32.5 Å². The summed E-state index contributed by atoms with van der Waals surface area (Å²) in [6.07, 6.45) is 0.204. The van der Waals surface area contributed by atoms with Crippen LogP contribution in [0.2, 0.25) is 0 Å². The lowest BCUT2D eigenvalue weighted by atomic mass is 9.95. The van der Waals surface area contributed by atoms with E-state index in [0.29, 0.717) is 17.8 Å². The molecule has 0 radical (unpaired) electrons. The maximum atomic E-state index is 13.6. The second-order valence-corrected chi connectivity index (χ2v) is 9.59. The van der Waals surface area contributed by atoms with E-state index in [9.17, 15) is 19.2 Å². The fourth-order valence-electron chi connectivity index (χ4n) is 5.09. The molecule has 4 rings (SSSR count). The average Bonchev–Trinajstić information content (AvgIpc) is 3.16. The average molecular weight is 478 g/mol. The molecule has 3 amide bonds. The number of rotatable bonds is 6. The van der Waals surface area contributed by atoms with Crippen molar-refractivity contribution in [3.05, 3.63) is 64.7 Å². The van der Waals surface area contributed by atoms with Crippen molar-refractivity contribution in [3.63, 3.8) is 0 Å². The highest BCUT2D eigenvalue weighted by molar-refractivity contribution is 6.15. The van der Waals surface area contributed by atoms with E-state index in [1.54, 1.807) is 45.2 Å². The highest BCUT2D eigenvalue weighted by Gasteiger charge is 2.62. The molecular formula is C27H31N3O5. The minimum atomic E-state index is -1.61. The van der Waals surface area contributed by atoms with Crippen molar-refractivity contribution in [3.8, 4) is 0 Å². The van der Waals surface area contributed by atoms with E-state index in [1.807, 2.05) is 26.0 Å². The first kappa shape index (κ1) is 24.4. The van der Waals surface area contributed by atoms with Gasteiger partial charge in [-0.15, -0.1) is 0 Å². The molecule has 0 spiro atoms. The van der Waals surface area contributed by atoms with Gasteiger partial charge in [-0.25, -0.2) is 4.79 Å². The lowest BCUT2D eigenvalue weighted by molar-refractivity contribution is -0.162. The van der Waals surface area contributed by atoms with E-state index in [2.05, 4.69) is 6.07 Å². The van der Waals surface area contributed by atoms with Crippen LogP contribution in [0.1, 0.15) is 53.7 Å². The standard InChI is InChI=1S/C27H31N3O5/c1-17(2)29-25(33)21-8-6-7-9-22(21)30-23(31)12-13-27(29,30)26(34)35-16-24(32)28(5)15-20-11-10-18(3)14-19(20)4/h6-11,14,17H,12-13,15-16H2,1-5H3/t27-/m0/s1. The van der Waals surface area contributed by atoms with Crippen LogP contribution in [0.15, 0.2) is 42.5 Å². The van der Waals surface area contributed by atoms with Gasteiger partial charge in [0.15, 0.2) is 6.61 Å². The molecule has 8 nitrogen and oxygen atoms in total. The third-order valence-electron chi connectivity index (χ3n) is 6.80. The second kappa shape index (κ2) is 9.17. The van der Waals surface area contributed by atoms with Gasteiger partial charge in [0.05, 0.1) is 11.3 Å². The summed E-state index contributed by atoms with van der Waals surface area (Å²) >= 11 is 0. The zero-order valence-corrected chi connectivity index (χ0v) is 20.8. The quantitative estimate of drug-likeness (QED) is 0.597. The van der Waals surface area contributed by atoms with Crippen LogP contribution in [0.25, 0.3) is 0 Å². The fraction of sp³-hybridized carbons (Fsp3) is 0.407. The van der Waals surface area contributed by atoms with Crippen LogP contribution < -0.4 is 4.90 Å². The van der Waals surface area contributed by atoms with E-state index in [0.717, 1.165) is 16.7 Å². The number of likely N-dealkylation sites (N-methyl/N-ethyl adjacent to an activating group) is 1. The smallest absolute Gasteiger partial charge is 0.354 e. The molecule has 2 aromatic rings. The number of carbonyl (C=O) groups is 4. The second-order valence-electron chi connectivity index (χ2n) is 9.59. The molecule has 0 bridgehead atoms. The first-order valence-corrected chi connectivity index (χ1v) is 11.8. The van der Waals surface area contributed by atoms with E-state index >= 15 is 0 Å². The van der Waals surface area contributed by atoms with Gasteiger partial charge in [-0.3, -0.25) is 19.3 Å². The molecule has 0 aromatic heterocycles. The molecule has 1 fully saturated rings. The fourth-order valence-corrected chi connectivity index (χ4v) is 5.09. The normalized spacial score (nSPS) is 19.0. The summed E-state index contributed by atoms with van der Waals surface area (Å²) in [7, 11) is 1.65. The lowest BCUT2D eigenvalue weighted by Gasteiger charge is -2.50. The molecule has 0 aliphatic carbocycles. The van der Waals surface area contributed by atoms with Crippen LogP contribution in [0.5, 0.6) is 0 Å². The van der Waals surface area contributed by atoms with Gasteiger partial charge in [0.25, 0.3) is 11.8 Å². The largest absolute Gasteiger partial charge is 0.452 e. The van der Waals surface area contributed by atoms with Crippen molar-refractivity contribution in [1.82, 2.24) is 9.80 Å². The lowest BCUT2D eigenvalue weighted by Crippen LogP contribution is -2.70. The summed E-state index contributed by atoms with van der Waals surface area (Å²) in [6.45, 7) is 7.49. The first-order chi connectivity index (χ1) is 16.6. The van der Waals surface area contributed by atoms with Crippen molar-refractivity contribution >= 4 is 29.4 Å². The third-order valence-corrected chi connectivity index (χ3v) is 6.80. The Morgan fingerprint density at radius 2 is 1.83 bits per heavy atom. The van der Waals surface area contributed by atoms with Gasteiger partial charge >= 0.3 is 5.97 Å². The number of hydrogen-bond donors (Lipinski definition) is 0. The van der Waals surface area contributed by atoms with Crippen LogP contribution >= 0.6 is 0 Å². The number of anilines is 1. The molecule has 2 heterocycles. The predicted molar refractivity (Wildman–Crippen MR) is 131 cm³/mol. The third kappa shape index (κ3) is 4.07. The number of benzene rings is 2. The minimum absolute atomic E-state index is 0.0977. The van der Waals surface area contributed by atoms with Gasteiger partial charge in [-0.05, 0) is 51.0 Å². The van der Waals surface area contributed by atoms with Gasteiger partial charge in [-0.1, -0.05) is 35.9 Å². The summed E-state index contributed by atoms with van der Waals surface area (Å²) in [6, 6.07) is 12.4. The Morgan fingerprint density at radius 1 is 1.11 bits per heavy atom. The Balaban J connectivity index is 1.57. The molecule has 8 heteroatoms. The van der Waals surface area contributed by atoms with E-state index in [4.69, 9.17) is 4.74 Å². The first-order valence-electron chi connectivity index (χ1n) is 11.8. The molecule has 2 aliphatic heterocycles. The maximum Gasteiger partial charge on any atom is 0.354 e. The maximum absolute atomic E-state index is 13.6. The Kier molecular flexibility index (Phi) is 6.40. The molecule has 0 N–H and O–H groups in total. The SMILES string of the molecule is Cc1ccc(CN(C)C(=O)COC(=O)[C@]23CCC(=O)N2c2ccccc2C(=O)N3C(C)C)c(C)c1. The van der Waals surface area contributed by atoms with Gasteiger partial charge in [0.1, 0.15) is 0 Å². The van der Waals surface area contributed by atoms with Crippen LogP contribution in [0.4, 0.5) is 5.69 Å². The van der Waals surface area contributed by atoms with Crippen LogP contribution in [-0.2, 0) is 25.7 Å². The van der Waals surface area contributed by atoms with E-state index < -0.39 is 18.2 Å². The summed E-state index contributed by atoms with van der Waals surface area (Å²) in [4.78, 5) is 57.1. The Morgan fingerprint density at radius 3 is 2.51 bits per heavy atom. The van der Waals surface area contributed by atoms with Gasteiger partial charge < -0.3 is 14.5 Å². The molecule has 35 heavy (non-hydrogen) atoms. The van der Waals surface area contributed by atoms with E-state index in [-0.39, 0.29) is 36.6 Å². The number of para-hydroxylation sites is 1. The van der Waals surface area contributed by atoms with Crippen molar-refractivity contribution < 1.29 is 23.9 Å². The van der Waals surface area contributed by atoms with Gasteiger partial charge in [-0.2, -0.15) is 0 Å². The molecule has 2 aromatic carbocycles. The summed E-state index contributed by atoms with van der Waals surface area (Å²) in [5.41, 5.74) is 2.37. The number of hydrogen-bond acceptors (Lipinski definition) is 5. The zero-order chi connectivity index (χ0) is 25.5. The molecule has 0 saturated carbocycles. The number of amides is 3. The number of esters is 1. The Hall–Kier alpha value is -3.68. The highest BCUT2D eigenvalue weighted by atomic mass is 16.5. The summed E-state index contributed by atoms with van der Waals surface area (Å²) < 4.78 is 5.53. The van der Waals surface area contributed by atoms with Crippen molar-refractivity contribution in [2.45, 2.75) is 58.8 Å². The van der Waals surface area contributed by atoms with Crippen LogP contribution in [-0.4, -0.2) is 58.8 Å². The van der Waals surface area contributed by atoms with Crippen molar-refractivity contribution in [1.29, 1.82) is 0 Å². The summed E-state index contributed by atoms with van der Waals surface area (Å²) in [5.74, 6) is -1.74. The number of aryl methyl sites for hydroxylation is 2. The number of carbonyl (C=O) groups excluding carboxylic acids is 4. The van der Waals surface area contributed by atoms with Crippen LogP contribution in [0, 0.1) is 13.8 Å². The molecule has 2 aliphatic rings. The Labute approximate surface area is 205 Å². The molecular weight excluding hydrogens is 446 g/mol. The van der Waals surface area contributed by atoms with E-state index in [1.165, 1.54) is 14.7 Å². The van der Waals surface area contributed by atoms with Gasteiger partial charge in [0.2, 0.25) is 11.6 Å². The van der Waals surface area contributed by atoms with Crippen molar-refractivity contribution in [2.24, 2.45) is 0 Å². The highest BCUT2D eigenvalue weighted by Crippen LogP contribution is 2.45. The van der Waals surface area contributed by atoms with Crippen molar-refractivity contribution in [2.75, 3.05) is 18.6 Å². The Bertz CT molecular complexity index is 1210. The topological polar surface area (TPSA) is 87.2 Å².